The zero-order chi connectivity index (χ0) is 15.4. The van der Waals surface area contributed by atoms with Crippen LogP contribution in [0.5, 0.6) is 0 Å². The van der Waals surface area contributed by atoms with E-state index < -0.39 is 0 Å². The number of halogens is 3. The van der Waals surface area contributed by atoms with Gasteiger partial charge in [-0.05, 0) is 43.9 Å². The Morgan fingerprint density at radius 3 is 2.64 bits per heavy atom. The number of amides is 1. The van der Waals surface area contributed by atoms with Crippen LogP contribution in [0.1, 0.15) is 19.8 Å². The van der Waals surface area contributed by atoms with Gasteiger partial charge in [0, 0.05) is 29.0 Å². The van der Waals surface area contributed by atoms with E-state index in [0.29, 0.717) is 21.7 Å². The lowest BCUT2D eigenvalue weighted by Crippen LogP contribution is -2.43. The number of likely N-dealkylation sites (tertiary alicyclic amines) is 1. The molecule has 0 radical (unpaired) electrons. The first-order valence-corrected chi connectivity index (χ1v) is 8.82. The zero-order valence-corrected chi connectivity index (χ0v) is 15.6. The Kier molecular flexibility index (Phi) is 8.36. The fraction of sp³-hybridized carbons (Fsp3) is 0.533. The van der Waals surface area contributed by atoms with Crippen LogP contribution in [0.4, 0.5) is 0 Å². The summed E-state index contributed by atoms with van der Waals surface area (Å²) in [6, 6.07) is 5.51. The number of piperidine rings is 1. The van der Waals surface area contributed by atoms with E-state index in [-0.39, 0.29) is 24.4 Å². The van der Waals surface area contributed by atoms with Crippen molar-refractivity contribution in [3.05, 3.63) is 28.2 Å². The molecule has 0 bridgehead atoms. The van der Waals surface area contributed by atoms with Gasteiger partial charge < -0.3 is 10.6 Å². The molecule has 2 rings (SSSR count). The van der Waals surface area contributed by atoms with E-state index >= 15 is 0 Å². The van der Waals surface area contributed by atoms with Crippen molar-refractivity contribution in [2.24, 2.45) is 11.7 Å². The Labute approximate surface area is 152 Å². The number of nitrogens with two attached hydrogens (primary N) is 1. The lowest BCUT2D eigenvalue weighted by Gasteiger charge is -2.33. The molecule has 3 nitrogen and oxygen atoms in total. The molecule has 7 heteroatoms. The number of carbonyl (C=O) groups is 1. The van der Waals surface area contributed by atoms with Crippen molar-refractivity contribution < 1.29 is 4.79 Å². The summed E-state index contributed by atoms with van der Waals surface area (Å²) in [5.41, 5.74) is 5.92. The molecule has 1 aromatic carbocycles. The van der Waals surface area contributed by atoms with Crippen molar-refractivity contribution in [3.63, 3.8) is 0 Å². The number of rotatable bonds is 4. The molecule has 2 N–H and O–H groups in total. The highest BCUT2D eigenvalue weighted by atomic mass is 35.5. The van der Waals surface area contributed by atoms with Crippen LogP contribution < -0.4 is 5.73 Å². The molecule has 22 heavy (non-hydrogen) atoms. The number of thioether (sulfide) groups is 1. The van der Waals surface area contributed by atoms with E-state index in [1.165, 1.54) is 11.8 Å². The molecule has 0 saturated carbocycles. The molecule has 1 aliphatic rings. The lowest BCUT2D eigenvalue weighted by atomic mass is 9.91. The average molecular weight is 384 g/mol. The molecule has 0 spiro atoms. The van der Waals surface area contributed by atoms with Gasteiger partial charge in [-0.1, -0.05) is 23.2 Å². The Morgan fingerprint density at radius 2 is 2.05 bits per heavy atom. The third kappa shape index (κ3) is 5.50. The molecular weight excluding hydrogens is 363 g/mol. The topological polar surface area (TPSA) is 46.3 Å². The maximum Gasteiger partial charge on any atom is 0.232 e. The second-order valence-corrected chi connectivity index (χ2v) is 7.30. The smallest absolute Gasteiger partial charge is 0.232 e. The van der Waals surface area contributed by atoms with Crippen LogP contribution in [-0.4, -0.2) is 35.7 Å². The molecule has 1 atom stereocenters. The molecule has 1 aromatic rings. The maximum atomic E-state index is 12.2. The first-order valence-electron chi connectivity index (χ1n) is 7.08. The Hall–Kier alpha value is -0.130. The second kappa shape index (κ2) is 9.24. The normalized spacial score (nSPS) is 17.0. The van der Waals surface area contributed by atoms with Crippen LogP contribution in [0.3, 0.4) is 0 Å². The number of benzene rings is 1. The summed E-state index contributed by atoms with van der Waals surface area (Å²) >= 11 is 13.5. The van der Waals surface area contributed by atoms with Gasteiger partial charge in [-0.3, -0.25) is 4.79 Å². The van der Waals surface area contributed by atoms with E-state index in [2.05, 4.69) is 0 Å². The van der Waals surface area contributed by atoms with Gasteiger partial charge in [-0.15, -0.1) is 24.2 Å². The van der Waals surface area contributed by atoms with Gasteiger partial charge >= 0.3 is 0 Å². The van der Waals surface area contributed by atoms with E-state index in [9.17, 15) is 4.79 Å². The molecule has 1 heterocycles. The predicted octanol–water partition coefficient (Wildman–Crippen LogP) is 4.09. The summed E-state index contributed by atoms with van der Waals surface area (Å²) in [5, 5.41) is 1.26. The number of hydrogen-bond donors (Lipinski definition) is 1. The summed E-state index contributed by atoms with van der Waals surface area (Å²) in [6.45, 7) is 3.64. The fourth-order valence-electron chi connectivity index (χ4n) is 2.49. The van der Waals surface area contributed by atoms with E-state index in [1.807, 2.05) is 11.8 Å². The quantitative estimate of drug-likeness (QED) is 0.796. The van der Waals surface area contributed by atoms with Gasteiger partial charge in [0.1, 0.15) is 0 Å². The molecule has 0 aromatic heterocycles. The molecule has 1 fully saturated rings. The minimum atomic E-state index is 0. The largest absolute Gasteiger partial charge is 0.342 e. The Balaban J connectivity index is 0.00000242. The third-order valence-electron chi connectivity index (χ3n) is 3.88. The average Bonchev–Trinajstić information content (AvgIpc) is 2.48. The van der Waals surface area contributed by atoms with Crippen LogP contribution in [0.15, 0.2) is 23.1 Å². The van der Waals surface area contributed by atoms with Crippen LogP contribution in [0.25, 0.3) is 0 Å². The SMILES string of the molecule is CC(N)C1CCN(C(=O)CSc2cc(Cl)ccc2Cl)CC1.Cl. The van der Waals surface area contributed by atoms with Crippen molar-refractivity contribution >= 4 is 53.3 Å². The highest BCUT2D eigenvalue weighted by molar-refractivity contribution is 8.00. The minimum absolute atomic E-state index is 0. The molecule has 1 amide bonds. The number of hydrogen-bond acceptors (Lipinski definition) is 3. The first-order chi connectivity index (χ1) is 9.97. The van der Waals surface area contributed by atoms with Gasteiger partial charge in [-0.2, -0.15) is 0 Å². The maximum absolute atomic E-state index is 12.2. The highest BCUT2D eigenvalue weighted by Crippen LogP contribution is 2.30. The monoisotopic (exact) mass is 382 g/mol. The van der Waals surface area contributed by atoms with Gasteiger partial charge in [0.2, 0.25) is 5.91 Å². The predicted molar refractivity (Wildman–Crippen MR) is 97.4 cm³/mol. The lowest BCUT2D eigenvalue weighted by molar-refractivity contribution is -0.129. The van der Waals surface area contributed by atoms with Crippen molar-refractivity contribution in [1.29, 1.82) is 0 Å². The van der Waals surface area contributed by atoms with E-state index in [0.717, 1.165) is 30.8 Å². The number of nitrogens with zero attached hydrogens (tertiary/aromatic N) is 1. The van der Waals surface area contributed by atoms with Gasteiger partial charge in [-0.25, -0.2) is 0 Å². The zero-order valence-electron chi connectivity index (χ0n) is 12.4. The van der Waals surface area contributed by atoms with Crippen LogP contribution in [0.2, 0.25) is 10.0 Å². The van der Waals surface area contributed by atoms with E-state index in [1.54, 1.807) is 18.2 Å². The summed E-state index contributed by atoms with van der Waals surface area (Å²) in [6.07, 6.45) is 1.98. The molecular formula is C15H21Cl3N2OS. The Morgan fingerprint density at radius 1 is 1.41 bits per heavy atom. The first kappa shape index (κ1) is 19.9. The van der Waals surface area contributed by atoms with Crippen molar-refractivity contribution in [2.45, 2.75) is 30.7 Å². The standard InChI is InChI=1S/C15H20Cl2N2OS.ClH/c1-10(18)11-4-6-19(7-5-11)15(20)9-21-14-8-12(16)2-3-13(14)17;/h2-3,8,10-11H,4-7,9,18H2,1H3;1H. The highest BCUT2D eigenvalue weighted by Gasteiger charge is 2.24. The molecule has 1 saturated heterocycles. The third-order valence-corrected chi connectivity index (χ3v) is 5.60. The van der Waals surface area contributed by atoms with Crippen molar-refractivity contribution in [3.8, 4) is 0 Å². The van der Waals surface area contributed by atoms with E-state index in [4.69, 9.17) is 28.9 Å². The fourth-order valence-corrected chi connectivity index (χ4v) is 3.89. The minimum Gasteiger partial charge on any atom is -0.342 e. The molecule has 1 aliphatic heterocycles. The summed E-state index contributed by atoms with van der Waals surface area (Å²) in [7, 11) is 0. The van der Waals surface area contributed by atoms with Gasteiger partial charge in [0.15, 0.2) is 0 Å². The second-order valence-electron chi connectivity index (χ2n) is 5.44. The summed E-state index contributed by atoms with van der Waals surface area (Å²) in [5.74, 6) is 1.08. The van der Waals surface area contributed by atoms with Crippen LogP contribution in [-0.2, 0) is 4.79 Å². The van der Waals surface area contributed by atoms with Crippen molar-refractivity contribution in [2.75, 3.05) is 18.8 Å². The summed E-state index contributed by atoms with van der Waals surface area (Å²) in [4.78, 5) is 15.0. The van der Waals surface area contributed by atoms with Gasteiger partial charge in [0.05, 0.1) is 10.8 Å². The summed E-state index contributed by atoms with van der Waals surface area (Å²) < 4.78 is 0. The van der Waals surface area contributed by atoms with Gasteiger partial charge in [0.25, 0.3) is 0 Å². The molecule has 1 unspecified atom stereocenters. The van der Waals surface area contributed by atoms with Crippen LogP contribution in [0, 0.1) is 5.92 Å². The Bertz CT molecular complexity index is 506. The van der Waals surface area contributed by atoms with Crippen LogP contribution >= 0.6 is 47.4 Å². The molecule has 124 valence electrons. The number of carbonyl (C=O) groups excluding carboxylic acids is 1. The van der Waals surface area contributed by atoms with Crippen molar-refractivity contribution in [1.82, 2.24) is 4.90 Å². The molecule has 0 aliphatic carbocycles.